The Labute approximate surface area is 147 Å². The highest BCUT2D eigenvalue weighted by Gasteiger charge is 2.39. The zero-order valence-corrected chi connectivity index (χ0v) is 15.0. The number of fused-ring (bicyclic) bond motifs is 2. The topological polar surface area (TPSA) is 71.3 Å². The van der Waals surface area contributed by atoms with Crippen molar-refractivity contribution in [1.29, 1.82) is 0 Å². The number of hydrogen-bond donors (Lipinski definition) is 1. The highest BCUT2D eigenvalue weighted by Crippen LogP contribution is 2.31. The Bertz CT molecular complexity index is 761. The zero-order chi connectivity index (χ0) is 16.1. The van der Waals surface area contributed by atoms with E-state index < -0.39 is 0 Å². The van der Waals surface area contributed by atoms with E-state index in [0.717, 1.165) is 43.0 Å². The van der Waals surface area contributed by atoms with Gasteiger partial charge in [-0.3, -0.25) is 4.79 Å². The summed E-state index contributed by atoms with van der Waals surface area (Å²) in [6.07, 6.45) is 0. The molecule has 24 heavy (non-hydrogen) atoms. The summed E-state index contributed by atoms with van der Waals surface area (Å²) in [6, 6.07) is 1.88. The van der Waals surface area contributed by atoms with Crippen molar-refractivity contribution in [1.82, 2.24) is 20.4 Å². The van der Waals surface area contributed by atoms with Gasteiger partial charge in [-0.1, -0.05) is 19.0 Å². The van der Waals surface area contributed by atoms with E-state index in [-0.39, 0.29) is 24.2 Å². The quantitative estimate of drug-likeness (QED) is 0.900. The summed E-state index contributed by atoms with van der Waals surface area (Å²) in [5.74, 6) is 1.45. The van der Waals surface area contributed by atoms with Gasteiger partial charge in [-0.2, -0.15) is 0 Å². The van der Waals surface area contributed by atoms with Crippen molar-refractivity contribution in [2.24, 2.45) is 11.8 Å². The molecule has 1 N–H and O–H groups in total. The first-order valence-corrected chi connectivity index (χ1v) is 8.31. The zero-order valence-electron chi connectivity index (χ0n) is 14.2. The minimum Gasteiger partial charge on any atom is -0.338 e. The predicted molar refractivity (Wildman–Crippen MR) is 93.6 cm³/mol. The molecule has 2 aromatic heterocycles. The smallest absolute Gasteiger partial charge is 0.259 e. The van der Waals surface area contributed by atoms with E-state index in [9.17, 15) is 4.79 Å². The van der Waals surface area contributed by atoms with Gasteiger partial charge in [-0.15, -0.1) is 12.4 Å². The van der Waals surface area contributed by atoms with Crippen LogP contribution in [0.15, 0.2) is 10.6 Å². The van der Waals surface area contributed by atoms with Gasteiger partial charge >= 0.3 is 0 Å². The summed E-state index contributed by atoms with van der Waals surface area (Å²) in [4.78, 5) is 19.5. The fraction of sp³-hybridized carbons (Fsp3) is 0.588. The van der Waals surface area contributed by atoms with Gasteiger partial charge in [0.2, 0.25) is 0 Å². The predicted octanol–water partition coefficient (Wildman–Crippen LogP) is 2.37. The third-order valence-corrected chi connectivity index (χ3v) is 5.05. The first-order valence-electron chi connectivity index (χ1n) is 8.31. The van der Waals surface area contributed by atoms with Crippen LogP contribution in [0.3, 0.4) is 0 Å². The number of rotatable bonds is 2. The standard InChI is InChI=1S/C17H22N4O2.ClH/c1-9(2)15-14-13(4-10(3)19-16(14)23-20-15)17(22)21-7-11-5-18-6-12(11)8-21;/h4,9,11-12,18H,5-8H2,1-3H3;1H/t11-,12+;. The molecular weight excluding hydrogens is 328 g/mol. The summed E-state index contributed by atoms with van der Waals surface area (Å²) in [6.45, 7) is 9.70. The van der Waals surface area contributed by atoms with Crippen LogP contribution in [-0.4, -0.2) is 47.1 Å². The molecule has 0 saturated carbocycles. The molecule has 130 valence electrons. The summed E-state index contributed by atoms with van der Waals surface area (Å²) in [5, 5.41) is 8.34. The van der Waals surface area contributed by atoms with Gasteiger partial charge in [-0.05, 0) is 30.7 Å². The highest BCUT2D eigenvalue weighted by atomic mass is 35.5. The number of pyridine rings is 1. The number of aromatic nitrogens is 2. The molecule has 4 heterocycles. The first-order chi connectivity index (χ1) is 11.0. The van der Waals surface area contributed by atoms with Gasteiger partial charge in [0.05, 0.1) is 16.6 Å². The summed E-state index contributed by atoms with van der Waals surface area (Å²) in [5.41, 5.74) is 2.76. The molecular formula is C17H23ClN4O2. The Morgan fingerprint density at radius 3 is 2.62 bits per heavy atom. The lowest BCUT2D eigenvalue weighted by Gasteiger charge is -2.18. The largest absolute Gasteiger partial charge is 0.338 e. The molecule has 0 radical (unpaired) electrons. The summed E-state index contributed by atoms with van der Waals surface area (Å²) >= 11 is 0. The molecule has 4 rings (SSSR count). The number of nitrogens with zero attached hydrogens (tertiary/aromatic N) is 3. The van der Waals surface area contributed by atoms with Crippen molar-refractivity contribution >= 4 is 29.4 Å². The van der Waals surface area contributed by atoms with Crippen LogP contribution < -0.4 is 5.32 Å². The lowest BCUT2D eigenvalue weighted by molar-refractivity contribution is 0.0783. The van der Waals surface area contributed by atoms with Crippen molar-refractivity contribution in [3.63, 3.8) is 0 Å². The number of aryl methyl sites for hydroxylation is 1. The van der Waals surface area contributed by atoms with Crippen LogP contribution in [0.5, 0.6) is 0 Å². The minimum atomic E-state index is 0. The second-order valence-electron chi connectivity index (χ2n) is 7.10. The van der Waals surface area contributed by atoms with Crippen LogP contribution in [0.4, 0.5) is 0 Å². The number of carbonyl (C=O) groups excluding carboxylic acids is 1. The molecule has 2 aliphatic heterocycles. The molecule has 0 unspecified atom stereocenters. The summed E-state index contributed by atoms with van der Waals surface area (Å²) < 4.78 is 5.38. The Hall–Kier alpha value is -1.66. The normalized spacial score (nSPS) is 22.9. The number of halogens is 1. The molecule has 2 fully saturated rings. The van der Waals surface area contributed by atoms with Gasteiger partial charge in [0.1, 0.15) is 0 Å². The van der Waals surface area contributed by atoms with E-state index >= 15 is 0 Å². The Balaban J connectivity index is 0.00000169. The maximum atomic E-state index is 13.1. The minimum absolute atomic E-state index is 0. The lowest BCUT2D eigenvalue weighted by Crippen LogP contribution is -2.32. The van der Waals surface area contributed by atoms with E-state index in [0.29, 0.717) is 23.1 Å². The molecule has 0 spiro atoms. The van der Waals surface area contributed by atoms with Crippen molar-refractivity contribution in [3.8, 4) is 0 Å². The maximum absolute atomic E-state index is 13.1. The number of carbonyl (C=O) groups is 1. The SMILES string of the molecule is Cc1cc(C(=O)N2C[C@H]3CNC[C@H]3C2)c2c(C(C)C)noc2n1.Cl. The fourth-order valence-corrected chi connectivity index (χ4v) is 3.85. The lowest BCUT2D eigenvalue weighted by atomic mass is 10.0. The molecule has 0 bridgehead atoms. The number of likely N-dealkylation sites (tertiary alicyclic amines) is 1. The molecule has 2 aliphatic rings. The van der Waals surface area contributed by atoms with Crippen molar-refractivity contribution < 1.29 is 9.32 Å². The Morgan fingerprint density at radius 2 is 2.00 bits per heavy atom. The second kappa shape index (κ2) is 6.33. The Morgan fingerprint density at radius 1 is 1.33 bits per heavy atom. The molecule has 2 aromatic rings. The van der Waals surface area contributed by atoms with Gasteiger partial charge in [0.25, 0.3) is 11.6 Å². The molecule has 7 heteroatoms. The average molecular weight is 351 g/mol. The molecule has 0 aromatic carbocycles. The third kappa shape index (κ3) is 2.67. The van der Waals surface area contributed by atoms with Gasteiger partial charge in [0.15, 0.2) is 0 Å². The number of hydrogen-bond acceptors (Lipinski definition) is 5. The van der Waals surface area contributed by atoms with E-state index in [2.05, 4.69) is 29.3 Å². The van der Waals surface area contributed by atoms with E-state index in [4.69, 9.17) is 4.52 Å². The molecule has 2 saturated heterocycles. The van der Waals surface area contributed by atoms with Crippen molar-refractivity contribution in [3.05, 3.63) is 23.0 Å². The van der Waals surface area contributed by atoms with E-state index in [1.807, 2.05) is 17.9 Å². The number of amides is 1. The average Bonchev–Trinajstić information content (AvgIpc) is 3.18. The monoisotopic (exact) mass is 350 g/mol. The first kappa shape index (κ1) is 17.2. The van der Waals surface area contributed by atoms with Crippen molar-refractivity contribution in [2.45, 2.75) is 26.7 Å². The van der Waals surface area contributed by atoms with Gasteiger partial charge < -0.3 is 14.7 Å². The fourth-order valence-electron chi connectivity index (χ4n) is 3.85. The van der Waals surface area contributed by atoms with E-state index in [1.165, 1.54) is 0 Å². The van der Waals surface area contributed by atoms with Crippen molar-refractivity contribution in [2.75, 3.05) is 26.2 Å². The van der Waals surface area contributed by atoms with Crippen LogP contribution in [0.2, 0.25) is 0 Å². The van der Waals surface area contributed by atoms with Gasteiger partial charge in [0, 0.05) is 31.9 Å². The molecule has 2 atom stereocenters. The van der Waals surface area contributed by atoms with Crippen LogP contribution in [-0.2, 0) is 0 Å². The number of nitrogens with one attached hydrogen (secondary N) is 1. The molecule has 6 nitrogen and oxygen atoms in total. The van der Waals surface area contributed by atoms with Crippen LogP contribution in [0.25, 0.3) is 11.1 Å². The highest BCUT2D eigenvalue weighted by molar-refractivity contribution is 6.06. The van der Waals surface area contributed by atoms with Crippen LogP contribution in [0.1, 0.15) is 41.5 Å². The van der Waals surface area contributed by atoms with E-state index in [1.54, 1.807) is 0 Å². The van der Waals surface area contributed by atoms with Crippen LogP contribution >= 0.6 is 12.4 Å². The maximum Gasteiger partial charge on any atom is 0.259 e. The third-order valence-electron chi connectivity index (χ3n) is 5.05. The van der Waals surface area contributed by atoms with Gasteiger partial charge in [-0.25, -0.2) is 4.98 Å². The summed E-state index contributed by atoms with van der Waals surface area (Å²) in [7, 11) is 0. The molecule has 0 aliphatic carbocycles. The molecule has 1 amide bonds. The second-order valence-corrected chi connectivity index (χ2v) is 7.10. The van der Waals surface area contributed by atoms with Crippen LogP contribution in [0, 0.1) is 18.8 Å². The Kier molecular flexibility index (Phi) is 4.53.